The summed E-state index contributed by atoms with van der Waals surface area (Å²) in [7, 11) is -2.46. The Kier molecular flexibility index (Phi) is 7.70. The van der Waals surface area contributed by atoms with Crippen molar-refractivity contribution in [3.8, 4) is 11.4 Å². The SMILES string of the molecule is COC(=O)c1c(C(=O)N2CCN(S(=O)(=O)c3ccccc3)[C@H](C)C2)nc(-c2ccccc2)nc1C(C)C. The molecule has 9 nitrogen and oxygen atoms in total. The van der Waals surface area contributed by atoms with Crippen molar-refractivity contribution in [1.29, 1.82) is 0 Å². The Labute approximate surface area is 217 Å². The van der Waals surface area contributed by atoms with Crippen LogP contribution in [0.5, 0.6) is 0 Å². The van der Waals surface area contributed by atoms with Gasteiger partial charge in [-0.3, -0.25) is 4.79 Å². The Hall–Kier alpha value is -3.63. The van der Waals surface area contributed by atoms with Gasteiger partial charge in [0.1, 0.15) is 11.3 Å². The number of sulfonamides is 1. The summed E-state index contributed by atoms with van der Waals surface area (Å²) in [6.45, 7) is 5.94. The first kappa shape index (κ1) is 26.4. The fraction of sp³-hybridized carbons (Fsp3) is 0.333. The molecule has 0 spiro atoms. The molecule has 1 aliphatic heterocycles. The van der Waals surface area contributed by atoms with E-state index in [1.165, 1.54) is 16.3 Å². The van der Waals surface area contributed by atoms with E-state index in [2.05, 4.69) is 9.97 Å². The fourth-order valence-corrected chi connectivity index (χ4v) is 6.06. The summed E-state index contributed by atoms with van der Waals surface area (Å²) in [6.07, 6.45) is 0. The van der Waals surface area contributed by atoms with Crippen LogP contribution < -0.4 is 0 Å². The van der Waals surface area contributed by atoms with Gasteiger partial charge < -0.3 is 9.64 Å². The second-order valence-electron chi connectivity index (χ2n) is 9.20. The molecule has 194 valence electrons. The molecule has 0 unspecified atom stereocenters. The molecule has 2 heterocycles. The summed E-state index contributed by atoms with van der Waals surface area (Å²) in [4.78, 5) is 37.6. The maximum atomic E-state index is 13.8. The molecule has 4 rings (SSSR count). The van der Waals surface area contributed by atoms with Crippen LogP contribution in [0.2, 0.25) is 0 Å². The molecule has 2 aromatic carbocycles. The third kappa shape index (κ3) is 5.26. The van der Waals surface area contributed by atoms with Crippen molar-refractivity contribution in [2.75, 3.05) is 26.7 Å². The zero-order valence-electron chi connectivity index (χ0n) is 21.3. The quantitative estimate of drug-likeness (QED) is 0.455. The molecule has 37 heavy (non-hydrogen) atoms. The minimum Gasteiger partial charge on any atom is -0.465 e. The molecule has 0 bridgehead atoms. The van der Waals surface area contributed by atoms with Crippen LogP contribution in [0.25, 0.3) is 11.4 Å². The van der Waals surface area contributed by atoms with Crippen LogP contribution in [-0.2, 0) is 14.8 Å². The Bertz CT molecular complexity index is 1400. The van der Waals surface area contributed by atoms with Crippen LogP contribution in [-0.4, -0.2) is 72.3 Å². The molecule has 3 aromatic rings. The molecular formula is C27H30N4O5S. The summed E-state index contributed by atoms with van der Waals surface area (Å²) < 4.78 is 32.8. The molecule has 10 heteroatoms. The van der Waals surface area contributed by atoms with E-state index in [1.54, 1.807) is 37.3 Å². The Morgan fingerprint density at radius 2 is 1.59 bits per heavy atom. The van der Waals surface area contributed by atoms with Gasteiger partial charge in [0.25, 0.3) is 5.91 Å². The number of amides is 1. The lowest BCUT2D eigenvalue weighted by Gasteiger charge is -2.39. The number of esters is 1. The van der Waals surface area contributed by atoms with Crippen LogP contribution in [0, 0.1) is 0 Å². The number of carbonyl (C=O) groups excluding carboxylic acids is 2. The standard InChI is InChI=1S/C27H30N4O5S/c1-18(2)23-22(27(33)36-4)24(29-25(28-23)20-11-7-5-8-12-20)26(32)30-15-16-31(19(3)17-30)37(34,35)21-13-9-6-10-14-21/h5-14,18-19H,15-17H2,1-4H3/t19-/m1/s1. The van der Waals surface area contributed by atoms with E-state index in [4.69, 9.17) is 4.74 Å². The number of rotatable bonds is 6. The number of hydrogen-bond acceptors (Lipinski definition) is 7. The molecule has 1 amide bonds. The van der Waals surface area contributed by atoms with Crippen molar-refractivity contribution in [2.45, 2.75) is 37.6 Å². The smallest absolute Gasteiger partial charge is 0.342 e. The van der Waals surface area contributed by atoms with Gasteiger partial charge >= 0.3 is 5.97 Å². The second-order valence-corrected chi connectivity index (χ2v) is 11.1. The largest absolute Gasteiger partial charge is 0.465 e. The summed E-state index contributed by atoms with van der Waals surface area (Å²) in [6, 6.07) is 17.0. The van der Waals surface area contributed by atoms with E-state index >= 15 is 0 Å². The van der Waals surface area contributed by atoms with Crippen LogP contribution in [0.3, 0.4) is 0 Å². The number of nitrogens with zero attached hydrogens (tertiary/aromatic N) is 4. The molecule has 0 radical (unpaired) electrons. The van der Waals surface area contributed by atoms with E-state index in [0.29, 0.717) is 17.1 Å². The lowest BCUT2D eigenvalue weighted by molar-refractivity contribution is 0.0569. The van der Waals surface area contributed by atoms with Crippen LogP contribution >= 0.6 is 0 Å². The molecule has 0 saturated carbocycles. The first-order valence-electron chi connectivity index (χ1n) is 12.1. The Morgan fingerprint density at radius 3 is 2.16 bits per heavy atom. The number of aromatic nitrogens is 2. The third-order valence-electron chi connectivity index (χ3n) is 6.31. The summed E-state index contributed by atoms with van der Waals surface area (Å²) in [5, 5.41) is 0. The molecule has 1 saturated heterocycles. The van der Waals surface area contributed by atoms with E-state index in [-0.39, 0.29) is 41.7 Å². The molecular weight excluding hydrogens is 492 g/mol. The number of piperazine rings is 1. The second kappa shape index (κ2) is 10.8. The highest BCUT2D eigenvalue weighted by molar-refractivity contribution is 7.89. The van der Waals surface area contributed by atoms with Crippen LogP contribution in [0.15, 0.2) is 65.6 Å². The Balaban J connectivity index is 1.71. The number of ether oxygens (including phenoxy) is 1. The highest BCUT2D eigenvalue weighted by Crippen LogP contribution is 2.28. The first-order chi connectivity index (χ1) is 17.6. The predicted octanol–water partition coefficient (Wildman–Crippen LogP) is 3.59. The average molecular weight is 523 g/mol. The van der Waals surface area contributed by atoms with Crippen LogP contribution in [0.1, 0.15) is 53.2 Å². The van der Waals surface area contributed by atoms with Gasteiger partial charge in [0, 0.05) is 31.2 Å². The minimum absolute atomic E-state index is 0.0363. The zero-order chi connectivity index (χ0) is 26.7. The summed E-state index contributed by atoms with van der Waals surface area (Å²) in [5.74, 6) is -1.01. The number of benzene rings is 2. The maximum absolute atomic E-state index is 13.8. The van der Waals surface area contributed by atoms with Gasteiger partial charge in [0.05, 0.1) is 17.7 Å². The highest BCUT2D eigenvalue weighted by Gasteiger charge is 2.37. The molecule has 1 aromatic heterocycles. The van der Waals surface area contributed by atoms with Crippen LogP contribution in [0.4, 0.5) is 0 Å². The predicted molar refractivity (Wildman–Crippen MR) is 139 cm³/mol. The number of hydrogen-bond donors (Lipinski definition) is 0. The van der Waals surface area contributed by atoms with Gasteiger partial charge in [0.15, 0.2) is 5.82 Å². The van der Waals surface area contributed by atoms with Gasteiger partial charge in [-0.05, 0) is 25.0 Å². The van der Waals surface area contributed by atoms with Gasteiger partial charge in [-0.25, -0.2) is 23.2 Å². The highest BCUT2D eigenvalue weighted by atomic mass is 32.2. The molecule has 0 N–H and O–H groups in total. The van der Waals surface area contributed by atoms with Crippen molar-refractivity contribution in [1.82, 2.24) is 19.2 Å². The molecule has 0 aliphatic carbocycles. The Morgan fingerprint density at radius 1 is 0.973 bits per heavy atom. The van der Waals surface area contributed by atoms with Gasteiger partial charge in [-0.2, -0.15) is 4.31 Å². The fourth-order valence-electron chi connectivity index (χ4n) is 4.43. The van der Waals surface area contributed by atoms with Crippen molar-refractivity contribution in [3.05, 3.63) is 77.6 Å². The monoisotopic (exact) mass is 522 g/mol. The van der Waals surface area contributed by atoms with Crippen molar-refractivity contribution in [2.24, 2.45) is 0 Å². The van der Waals surface area contributed by atoms with E-state index < -0.39 is 27.9 Å². The summed E-state index contributed by atoms with van der Waals surface area (Å²) in [5.41, 5.74) is 1.12. The van der Waals surface area contributed by atoms with E-state index in [1.807, 2.05) is 44.2 Å². The van der Waals surface area contributed by atoms with Crippen molar-refractivity contribution >= 4 is 21.9 Å². The van der Waals surface area contributed by atoms with Gasteiger partial charge in [-0.15, -0.1) is 0 Å². The van der Waals surface area contributed by atoms with Crippen molar-refractivity contribution in [3.63, 3.8) is 0 Å². The maximum Gasteiger partial charge on any atom is 0.342 e. The third-order valence-corrected chi connectivity index (χ3v) is 8.34. The van der Waals surface area contributed by atoms with E-state index in [0.717, 1.165) is 0 Å². The van der Waals surface area contributed by atoms with Gasteiger partial charge in [0.2, 0.25) is 10.0 Å². The average Bonchev–Trinajstić information content (AvgIpc) is 2.92. The molecule has 1 fully saturated rings. The molecule has 1 aliphatic rings. The number of carbonyl (C=O) groups is 2. The van der Waals surface area contributed by atoms with E-state index in [9.17, 15) is 18.0 Å². The minimum atomic E-state index is -3.72. The summed E-state index contributed by atoms with van der Waals surface area (Å²) >= 11 is 0. The lowest BCUT2D eigenvalue weighted by Crippen LogP contribution is -2.55. The normalized spacial score (nSPS) is 16.6. The van der Waals surface area contributed by atoms with Crippen molar-refractivity contribution < 1.29 is 22.7 Å². The first-order valence-corrected chi connectivity index (χ1v) is 13.5. The van der Waals surface area contributed by atoms with Gasteiger partial charge in [-0.1, -0.05) is 62.4 Å². The zero-order valence-corrected chi connectivity index (χ0v) is 22.1. The topological polar surface area (TPSA) is 110 Å². The lowest BCUT2D eigenvalue weighted by atomic mass is 10.0. The number of methoxy groups -OCH3 is 1. The molecule has 1 atom stereocenters.